The molecule has 1 aromatic heterocycles. The molecule has 6 nitrogen and oxygen atoms in total. The third-order valence-electron chi connectivity index (χ3n) is 1.90. The van der Waals surface area contributed by atoms with Crippen molar-refractivity contribution in [3.8, 4) is 0 Å². The van der Waals surface area contributed by atoms with Gasteiger partial charge in [-0.3, -0.25) is 4.79 Å². The molecule has 94 valence electrons. The summed E-state index contributed by atoms with van der Waals surface area (Å²) < 4.78 is 4.49. The van der Waals surface area contributed by atoms with E-state index < -0.39 is 11.9 Å². The molecule has 1 atom stereocenters. The van der Waals surface area contributed by atoms with Crippen molar-refractivity contribution in [3.63, 3.8) is 0 Å². The highest BCUT2D eigenvalue weighted by atomic mass is 32.2. The van der Waals surface area contributed by atoms with E-state index in [1.54, 1.807) is 11.8 Å². The molecular formula is C10H14N2O4S. The maximum atomic E-state index is 11.6. The number of aromatic nitrogens is 1. The number of aromatic carboxylic acids is 1. The number of carbonyl (C=O) groups excluding carboxylic acids is 1. The van der Waals surface area contributed by atoms with E-state index in [9.17, 15) is 9.59 Å². The summed E-state index contributed by atoms with van der Waals surface area (Å²) >= 11 is 1.71. The first-order valence-corrected chi connectivity index (χ1v) is 6.28. The zero-order valence-electron chi connectivity index (χ0n) is 9.60. The number of carboxylic acid groups (broad SMARTS) is 1. The first-order valence-electron chi connectivity index (χ1n) is 5.13. The lowest BCUT2D eigenvalue weighted by atomic mass is 10.3. The zero-order valence-corrected chi connectivity index (χ0v) is 10.4. The van der Waals surface area contributed by atoms with Crippen molar-refractivity contribution >= 4 is 23.6 Å². The highest BCUT2D eigenvalue weighted by Crippen LogP contribution is 2.05. The van der Waals surface area contributed by atoms with Gasteiger partial charge in [-0.2, -0.15) is 11.8 Å². The SMILES string of the molecule is CCSCC(C)NC(=O)c1cc(C(=O)O)on1. The van der Waals surface area contributed by atoms with Crippen LogP contribution in [0.25, 0.3) is 0 Å². The smallest absolute Gasteiger partial charge is 0.374 e. The number of hydrogen-bond acceptors (Lipinski definition) is 5. The van der Waals surface area contributed by atoms with Crippen molar-refractivity contribution < 1.29 is 19.2 Å². The van der Waals surface area contributed by atoms with Crippen molar-refractivity contribution in [1.82, 2.24) is 10.5 Å². The first kappa shape index (κ1) is 13.6. The molecule has 1 amide bonds. The molecule has 0 saturated heterocycles. The van der Waals surface area contributed by atoms with Gasteiger partial charge in [-0.05, 0) is 12.7 Å². The molecule has 0 fully saturated rings. The fourth-order valence-electron chi connectivity index (χ4n) is 1.12. The number of nitrogens with zero attached hydrogens (tertiary/aromatic N) is 1. The second kappa shape index (κ2) is 6.29. The molecule has 17 heavy (non-hydrogen) atoms. The van der Waals surface area contributed by atoms with E-state index in [0.717, 1.165) is 17.6 Å². The lowest BCUT2D eigenvalue weighted by Gasteiger charge is -2.11. The largest absolute Gasteiger partial charge is 0.475 e. The fourth-order valence-corrected chi connectivity index (χ4v) is 1.79. The van der Waals surface area contributed by atoms with Gasteiger partial charge in [0, 0.05) is 17.9 Å². The molecule has 0 saturated carbocycles. The van der Waals surface area contributed by atoms with Crippen LogP contribution in [0.4, 0.5) is 0 Å². The summed E-state index contributed by atoms with van der Waals surface area (Å²) in [7, 11) is 0. The molecule has 0 aliphatic carbocycles. The number of thioether (sulfide) groups is 1. The fraction of sp³-hybridized carbons (Fsp3) is 0.500. The molecule has 1 aromatic rings. The number of carbonyl (C=O) groups is 2. The number of nitrogens with one attached hydrogen (secondary N) is 1. The monoisotopic (exact) mass is 258 g/mol. The molecule has 1 rings (SSSR count). The Morgan fingerprint density at radius 2 is 2.35 bits per heavy atom. The minimum absolute atomic E-state index is 0.00238. The molecule has 0 spiro atoms. The van der Waals surface area contributed by atoms with Gasteiger partial charge in [-0.1, -0.05) is 12.1 Å². The second-order valence-corrected chi connectivity index (χ2v) is 4.73. The van der Waals surface area contributed by atoms with Crippen molar-refractivity contribution in [2.75, 3.05) is 11.5 Å². The van der Waals surface area contributed by atoms with Gasteiger partial charge in [0.05, 0.1) is 0 Å². The Kier molecular flexibility index (Phi) is 5.02. The highest BCUT2D eigenvalue weighted by molar-refractivity contribution is 7.99. The molecule has 1 heterocycles. The van der Waals surface area contributed by atoms with Crippen LogP contribution < -0.4 is 5.32 Å². The van der Waals surface area contributed by atoms with E-state index in [2.05, 4.69) is 15.0 Å². The van der Waals surface area contributed by atoms with Crippen LogP contribution in [-0.4, -0.2) is 39.7 Å². The molecule has 0 aromatic carbocycles. The van der Waals surface area contributed by atoms with E-state index in [4.69, 9.17) is 5.11 Å². The summed E-state index contributed by atoms with van der Waals surface area (Å²) in [4.78, 5) is 22.1. The molecule has 0 aliphatic rings. The van der Waals surface area contributed by atoms with Gasteiger partial charge in [-0.25, -0.2) is 4.79 Å². The molecular weight excluding hydrogens is 244 g/mol. The van der Waals surface area contributed by atoms with Gasteiger partial charge < -0.3 is 14.9 Å². The lowest BCUT2D eigenvalue weighted by molar-refractivity contribution is 0.0651. The summed E-state index contributed by atoms with van der Waals surface area (Å²) in [5.41, 5.74) is -0.0178. The van der Waals surface area contributed by atoms with Crippen LogP contribution in [0.2, 0.25) is 0 Å². The zero-order chi connectivity index (χ0) is 12.8. The van der Waals surface area contributed by atoms with E-state index in [1.807, 2.05) is 13.8 Å². The van der Waals surface area contributed by atoms with Gasteiger partial charge in [0.15, 0.2) is 5.69 Å². The summed E-state index contributed by atoms with van der Waals surface area (Å²) in [6.07, 6.45) is 0. The Morgan fingerprint density at radius 3 is 2.88 bits per heavy atom. The van der Waals surface area contributed by atoms with Crippen LogP contribution >= 0.6 is 11.8 Å². The van der Waals surface area contributed by atoms with E-state index in [1.165, 1.54) is 0 Å². The molecule has 0 radical (unpaired) electrons. The van der Waals surface area contributed by atoms with Crippen LogP contribution in [0.1, 0.15) is 34.9 Å². The quantitative estimate of drug-likeness (QED) is 0.797. The average Bonchev–Trinajstić information content (AvgIpc) is 2.75. The number of carboxylic acids is 1. The molecule has 1 unspecified atom stereocenters. The second-order valence-electron chi connectivity index (χ2n) is 3.42. The predicted octanol–water partition coefficient (Wildman–Crippen LogP) is 1.24. The number of amides is 1. The van der Waals surface area contributed by atoms with Gasteiger partial charge in [0.2, 0.25) is 5.76 Å². The van der Waals surface area contributed by atoms with E-state index in [-0.39, 0.29) is 17.5 Å². The van der Waals surface area contributed by atoms with Crippen LogP contribution in [0, 0.1) is 0 Å². The van der Waals surface area contributed by atoms with Crippen LogP contribution in [0.3, 0.4) is 0 Å². The first-order chi connectivity index (χ1) is 8.04. The van der Waals surface area contributed by atoms with Crippen molar-refractivity contribution in [3.05, 3.63) is 17.5 Å². The minimum atomic E-state index is -1.24. The molecule has 2 N–H and O–H groups in total. The molecule has 7 heteroatoms. The van der Waals surface area contributed by atoms with Gasteiger partial charge in [0.1, 0.15) is 0 Å². The number of hydrogen-bond donors (Lipinski definition) is 2. The predicted molar refractivity (Wildman–Crippen MR) is 63.4 cm³/mol. The summed E-state index contributed by atoms with van der Waals surface area (Å²) in [6, 6.07) is 1.11. The van der Waals surface area contributed by atoms with Gasteiger partial charge in [0.25, 0.3) is 5.91 Å². The van der Waals surface area contributed by atoms with E-state index in [0.29, 0.717) is 0 Å². The van der Waals surface area contributed by atoms with Crippen molar-refractivity contribution in [1.29, 1.82) is 0 Å². The van der Waals surface area contributed by atoms with Crippen LogP contribution in [0.5, 0.6) is 0 Å². The normalized spacial score (nSPS) is 12.1. The molecule has 0 bridgehead atoms. The standard InChI is InChI=1S/C10H14N2O4S/c1-3-17-5-6(2)11-9(13)7-4-8(10(14)15)16-12-7/h4,6H,3,5H2,1-2H3,(H,11,13)(H,14,15). The Morgan fingerprint density at radius 1 is 1.65 bits per heavy atom. The average molecular weight is 258 g/mol. The number of rotatable bonds is 6. The Hall–Kier alpha value is -1.50. The van der Waals surface area contributed by atoms with Gasteiger partial charge in [-0.15, -0.1) is 0 Å². The van der Waals surface area contributed by atoms with Crippen molar-refractivity contribution in [2.24, 2.45) is 0 Å². The maximum absolute atomic E-state index is 11.6. The van der Waals surface area contributed by atoms with Gasteiger partial charge >= 0.3 is 5.97 Å². The summed E-state index contributed by atoms with van der Waals surface area (Å²) in [6.45, 7) is 3.91. The third kappa shape index (κ3) is 4.10. The Bertz CT molecular complexity index is 405. The minimum Gasteiger partial charge on any atom is -0.475 e. The summed E-state index contributed by atoms with van der Waals surface area (Å²) in [5, 5.41) is 14.7. The third-order valence-corrected chi connectivity index (χ3v) is 3.05. The topological polar surface area (TPSA) is 92.4 Å². The Labute approximate surface area is 103 Å². The van der Waals surface area contributed by atoms with Crippen LogP contribution in [0.15, 0.2) is 10.6 Å². The maximum Gasteiger partial charge on any atom is 0.374 e. The summed E-state index contributed by atoms with van der Waals surface area (Å²) in [5.74, 6) is -0.235. The van der Waals surface area contributed by atoms with Crippen molar-refractivity contribution in [2.45, 2.75) is 19.9 Å². The Balaban J connectivity index is 2.54. The van der Waals surface area contributed by atoms with E-state index >= 15 is 0 Å². The molecule has 0 aliphatic heterocycles. The van der Waals surface area contributed by atoms with Crippen LogP contribution in [-0.2, 0) is 0 Å². The highest BCUT2D eigenvalue weighted by Gasteiger charge is 2.17. The lowest BCUT2D eigenvalue weighted by Crippen LogP contribution is -2.34.